The van der Waals surface area contributed by atoms with E-state index in [0.717, 1.165) is 3.57 Å². The number of nitrogens with zero attached hydrogens (tertiary/aromatic N) is 2. The molecule has 0 fully saturated rings. The zero-order valence-electron chi connectivity index (χ0n) is 20.0. The summed E-state index contributed by atoms with van der Waals surface area (Å²) in [5.41, 5.74) is 1.67. The molecule has 3 aromatic rings. The molecule has 1 atom stereocenters. The molecule has 4 rings (SSSR count). The maximum Gasteiger partial charge on any atom is 0.338 e. The molecule has 0 radical (unpaired) electrons. The van der Waals surface area contributed by atoms with Crippen molar-refractivity contribution in [3.63, 3.8) is 0 Å². The SMILES string of the molecule is CCOC(=O)C1=C(C)N=c2s/c(=C\c3cc(I)cc(I)c3O)c(=O)n2[C@H]1c1ccccc1OC(C)C. The maximum absolute atomic E-state index is 13.8. The smallest absolute Gasteiger partial charge is 0.338 e. The summed E-state index contributed by atoms with van der Waals surface area (Å²) in [7, 11) is 0. The van der Waals surface area contributed by atoms with Crippen LogP contribution in [0.1, 0.15) is 44.9 Å². The molecule has 0 aliphatic carbocycles. The summed E-state index contributed by atoms with van der Waals surface area (Å²) in [6, 6.07) is 10.3. The van der Waals surface area contributed by atoms with Crippen LogP contribution >= 0.6 is 56.5 Å². The molecule has 0 unspecified atom stereocenters. The van der Waals surface area contributed by atoms with Crippen LogP contribution in [0, 0.1) is 7.14 Å². The normalized spacial score (nSPS) is 15.6. The zero-order valence-corrected chi connectivity index (χ0v) is 25.2. The van der Waals surface area contributed by atoms with Crippen LogP contribution in [0.5, 0.6) is 11.5 Å². The van der Waals surface area contributed by atoms with Crippen molar-refractivity contribution in [2.45, 2.75) is 39.8 Å². The Hall–Kier alpha value is -2.19. The molecule has 1 aliphatic heterocycles. The fourth-order valence-corrected chi connectivity index (χ4v) is 6.92. The Morgan fingerprint density at radius 3 is 2.69 bits per heavy atom. The third-order valence-electron chi connectivity index (χ3n) is 5.44. The first-order valence-corrected chi connectivity index (χ1v) is 14.2. The van der Waals surface area contributed by atoms with Crippen LogP contribution in [0.25, 0.3) is 6.08 Å². The molecule has 7 nitrogen and oxygen atoms in total. The number of carbonyl (C=O) groups is 1. The van der Waals surface area contributed by atoms with E-state index < -0.39 is 12.0 Å². The molecular formula is C26H24I2N2O5S. The summed E-state index contributed by atoms with van der Waals surface area (Å²) in [6.07, 6.45) is 1.56. The number of esters is 1. The lowest BCUT2D eigenvalue weighted by molar-refractivity contribution is -0.139. The number of ether oxygens (including phenoxy) is 2. The van der Waals surface area contributed by atoms with Gasteiger partial charge in [0.25, 0.3) is 5.56 Å². The number of aromatic hydroxyl groups is 1. The van der Waals surface area contributed by atoms with Gasteiger partial charge in [-0.3, -0.25) is 9.36 Å². The minimum absolute atomic E-state index is 0.107. The van der Waals surface area contributed by atoms with Crippen LogP contribution in [0.2, 0.25) is 0 Å². The summed E-state index contributed by atoms with van der Waals surface area (Å²) in [5, 5.41) is 10.6. The number of phenolic OH excluding ortho intramolecular Hbond substituents is 1. The van der Waals surface area contributed by atoms with E-state index in [9.17, 15) is 14.7 Å². The molecule has 1 aliphatic rings. The number of halogens is 2. The minimum atomic E-state index is -0.776. The second-order valence-corrected chi connectivity index (χ2v) is 11.7. The molecule has 0 saturated carbocycles. The Labute approximate surface area is 239 Å². The number of phenols is 1. The highest BCUT2D eigenvalue weighted by Crippen LogP contribution is 2.36. The van der Waals surface area contributed by atoms with E-state index in [2.05, 4.69) is 50.2 Å². The van der Waals surface area contributed by atoms with Crippen molar-refractivity contribution >= 4 is 68.6 Å². The summed E-state index contributed by atoms with van der Waals surface area (Å²) in [5.74, 6) is 0.160. The molecule has 0 bridgehead atoms. The average Bonchev–Trinajstić information content (AvgIpc) is 3.11. The number of rotatable bonds is 6. The van der Waals surface area contributed by atoms with Crippen molar-refractivity contribution in [1.82, 2.24) is 4.57 Å². The first-order chi connectivity index (χ1) is 17.1. The fourth-order valence-electron chi connectivity index (χ4n) is 3.99. The van der Waals surface area contributed by atoms with Gasteiger partial charge in [0.05, 0.1) is 32.1 Å². The minimum Gasteiger partial charge on any atom is -0.506 e. The Morgan fingerprint density at radius 2 is 2.00 bits per heavy atom. The summed E-state index contributed by atoms with van der Waals surface area (Å²) in [4.78, 5) is 32.0. The molecule has 1 N–H and O–H groups in total. The van der Waals surface area contributed by atoms with Crippen LogP contribution < -0.4 is 19.6 Å². The van der Waals surface area contributed by atoms with Crippen LogP contribution in [-0.4, -0.2) is 28.4 Å². The monoisotopic (exact) mass is 730 g/mol. The second-order valence-electron chi connectivity index (χ2n) is 8.33. The predicted molar refractivity (Wildman–Crippen MR) is 156 cm³/mol. The molecule has 2 heterocycles. The summed E-state index contributed by atoms with van der Waals surface area (Å²) >= 11 is 5.45. The van der Waals surface area contributed by atoms with Gasteiger partial charge in [0.1, 0.15) is 17.5 Å². The van der Waals surface area contributed by atoms with Crippen molar-refractivity contribution in [3.05, 3.63) is 85.6 Å². The van der Waals surface area contributed by atoms with Gasteiger partial charge in [-0.15, -0.1) is 0 Å². The van der Waals surface area contributed by atoms with Crippen LogP contribution in [0.4, 0.5) is 0 Å². The van der Waals surface area contributed by atoms with Crippen LogP contribution in [0.3, 0.4) is 0 Å². The number of carbonyl (C=O) groups excluding carboxylic acids is 1. The molecule has 0 amide bonds. The van der Waals surface area contributed by atoms with Crippen molar-refractivity contribution in [3.8, 4) is 11.5 Å². The van der Waals surface area contributed by atoms with Crippen molar-refractivity contribution in [1.29, 1.82) is 0 Å². The number of benzene rings is 2. The highest BCUT2D eigenvalue weighted by Gasteiger charge is 2.35. The van der Waals surface area contributed by atoms with Gasteiger partial charge in [0.2, 0.25) is 0 Å². The van der Waals surface area contributed by atoms with E-state index in [1.54, 1.807) is 19.9 Å². The number of thiazole rings is 1. The summed E-state index contributed by atoms with van der Waals surface area (Å²) < 4.78 is 15.0. The van der Waals surface area contributed by atoms with Gasteiger partial charge in [0.15, 0.2) is 4.80 Å². The van der Waals surface area contributed by atoms with E-state index >= 15 is 0 Å². The number of allylic oxidation sites excluding steroid dienone is 1. The first kappa shape index (κ1) is 26.9. The lowest BCUT2D eigenvalue weighted by Crippen LogP contribution is -2.40. The largest absolute Gasteiger partial charge is 0.506 e. The van der Waals surface area contributed by atoms with E-state index in [-0.39, 0.29) is 24.0 Å². The third-order valence-corrected chi connectivity index (χ3v) is 7.87. The van der Waals surface area contributed by atoms with Gasteiger partial charge in [0, 0.05) is 14.7 Å². The number of hydrogen-bond acceptors (Lipinski definition) is 7. The molecule has 0 spiro atoms. The van der Waals surface area contributed by atoms with E-state index in [4.69, 9.17) is 9.47 Å². The van der Waals surface area contributed by atoms with Gasteiger partial charge in [-0.1, -0.05) is 29.5 Å². The number of para-hydroxylation sites is 1. The Bertz CT molecular complexity index is 1560. The lowest BCUT2D eigenvalue weighted by atomic mass is 9.95. The lowest BCUT2D eigenvalue weighted by Gasteiger charge is -2.26. The average molecular weight is 730 g/mol. The van der Waals surface area contributed by atoms with Gasteiger partial charge >= 0.3 is 5.97 Å². The van der Waals surface area contributed by atoms with Crippen molar-refractivity contribution in [2.24, 2.45) is 4.99 Å². The zero-order chi connectivity index (χ0) is 26.1. The Kier molecular flexibility index (Phi) is 8.25. The molecule has 10 heteroatoms. The molecule has 188 valence electrons. The predicted octanol–water partition coefficient (Wildman–Crippen LogP) is 4.50. The highest BCUT2D eigenvalue weighted by molar-refractivity contribution is 14.1. The number of fused-ring (bicyclic) bond motifs is 1. The van der Waals surface area contributed by atoms with E-state index in [1.807, 2.05) is 50.2 Å². The topological polar surface area (TPSA) is 90.1 Å². The van der Waals surface area contributed by atoms with Gasteiger partial charge in [-0.25, -0.2) is 9.79 Å². The summed E-state index contributed by atoms with van der Waals surface area (Å²) in [6.45, 7) is 7.52. The first-order valence-electron chi connectivity index (χ1n) is 11.3. The van der Waals surface area contributed by atoms with Crippen LogP contribution in [-0.2, 0) is 9.53 Å². The van der Waals surface area contributed by atoms with Crippen molar-refractivity contribution in [2.75, 3.05) is 6.61 Å². The number of aromatic nitrogens is 1. The molecule has 2 aromatic carbocycles. The van der Waals surface area contributed by atoms with Gasteiger partial charge in [-0.2, -0.15) is 0 Å². The molecule has 1 aromatic heterocycles. The standard InChI is InChI=1S/C26H24I2N2O5S/c1-5-34-25(33)21-14(4)29-26-30(22(21)17-8-6-7-9-19(17)35-13(2)3)24(32)20(36-26)11-15-10-16(27)12-18(28)23(15)31/h6-13,22,31H,5H2,1-4H3/b20-11-/t22-/m0/s1. The van der Waals surface area contributed by atoms with E-state index in [0.29, 0.717) is 41.1 Å². The van der Waals surface area contributed by atoms with Gasteiger partial charge < -0.3 is 14.6 Å². The van der Waals surface area contributed by atoms with Crippen molar-refractivity contribution < 1.29 is 19.4 Å². The molecule has 0 saturated heterocycles. The van der Waals surface area contributed by atoms with Gasteiger partial charge in [-0.05, 0) is 97.2 Å². The fraction of sp³-hybridized carbons (Fsp3) is 0.269. The quantitative estimate of drug-likeness (QED) is 0.298. The highest BCUT2D eigenvalue weighted by atomic mass is 127. The Balaban J connectivity index is 2.01. The Morgan fingerprint density at radius 1 is 1.28 bits per heavy atom. The number of hydrogen-bond donors (Lipinski definition) is 1. The van der Waals surface area contributed by atoms with Crippen LogP contribution in [0.15, 0.2) is 57.5 Å². The third kappa shape index (κ3) is 5.25. The molecular weight excluding hydrogens is 706 g/mol. The molecule has 36 heavy (non-hydrogen) atoms. The maximum atomic E-state index is 13.8. The second kappa shape index (κ2) is 11.1. The van der Waals surface area contributed by atoms with E-state index in [1.165, 1.54) is 15.9 Å².